The Morgan fingerprint density at radius 2 is 0.963 bits per heavy atom. The van der Waals surface area contributed by atoms with E-state index in [1.165, 1.54) is 95.0 Å². The van der Waals surface area contributed by atoms with Crippen LogP contribution in [0, 0.1) is 0 Å². The number of nitrogens with zero attached hydrogens (tertiary/aromatic N) is 1. The van der Waals surface area contributed by atoms with Gasteiger partial charge in [-0.15, -0.1) is 0 Å². The van der Waals surface area contributed by atoms with Crippen LogP contribution in [0.4, 0.5) is 0 Å². The van der Waals surface area contributed by atoms with Gasteiger partial charge in [-0.1, -0.05) is 99.7 Å². The van der Waals surface area contributed by atoms with Crippen molar-refractivity contribution >= 4 is 0 Å². The summed E-state index contributed by atoms with van der Waals surface area (Å²) in [5, 5.41) is 0. The van der Waals surface area contributed by atoms with Crippen LogP contribution >= 0.6 is 0 Å². The molecule has 0 unspecified atom stereocenters. The topological polar surface area (TPSA) is 3.24 Å². The third-order valence-electron chi connectivity index (χ3n) is 5.39. The summed E-state index contributed by atoms with van der Waals surface area (Å²) in [6, 6.07) is 21.9. The Morgan fingerprint density at radius 3 is 1.48 bits per heavy atom. The van der Waals surface area contributed by atoms with Gasteiger partial charge in [0.15, 0.2) is 0 Å². The molecule has 2 aromatic rings. The van der Waals surface area contributed by atoms with E-state index < -0.39 is 0 Å². The van der Waals surface area contributed by atoms with Crippen LogP contribution in [-0.4, -0.2) is 24.5 Å². The lowest BCUT2D eigenvalue weighted by Gasteiger charge is -2.22. The van der Waals surface area contributed by atoms with Gasteiger partial charge in [-0.25, -0.2) is 0 Å². The Labute approximate surface area is 167 Å². The van der Waals surface area contributed by atoms with Crippen molar-refractivity contribution in [1.82, 2.24) is 4.90 Å². The zero-order chi connectivity index (χ0) is 19.0. The summed E-state index contributed by atoms with van der Waals surface area (Å²) in [7, 11) is 0. The standard InChI is InChI=1S/C26H39N/c1-2-3-4-5-6-13-22-27(23-14-20-25-16-9-7-10-17-25)24-15-21-26-18-11-8-12-19-26/h7-12,16-19H,2-6,13-15,20-24H2,1H3. The predicted octanol–water partition coefficient (Wildman–Crippen LogP) is 6.91. The molecule has 27 heavy (non-hydrogen) atoms. The van der Waals surface area contributed by atoms with E-state index in [2.05, 4.69) is 72.5 Å². The quantitative estimate of drug-likeness (QED) is 0.310. The molecular weight excluding hydrogens is 326 g/mol. The summed E-state index contributed by atoms with van der Waals surface area (Å²) in [6.45, 7) is 6.04. The molecule has 0 aliphatic carbocycles. The van der Waals surface area contributed by atoms with E-state index in [0.717, 1.165) is 0 Å². The Bertz CT molecular complexity index is 518. The highest BCUT2D eigenvalue weighted by atomic mass is 15.1. The van der Waals surface area contributed by atoms with Crippen LogP contribution in [-0.2, 0) is 12.8 Å². The van der Waals surface area contributed by atoms with Gasteiger partial charge < -0.3 is 4.90 Å². The predicted molar refractivity (Wildman–Crippen MR) is 119 cm³/mol. The fourth-order valence-electron chi connectivity index (χ4n) is 3.75. The normalized spacial score (nSPS) is 11.2. The Kier molecular flexibility index (Phi) is 11.6. The smallest absolute Gasteiger partial charge is 0.00156 e. The van der Waals surface area contributed by atoms with Gasteiger partial charge in [-0.05, 0) is 62.9 Å². The van der Waals surface area contributed by atoms with Crippen LogP contribution in [0.2, 0.25) is 0 Å². The average molecular weight is 366 g/mol. The first-order valence-corrected chi connectivity index (χ1v) is 11.2. The number of hydrogen-bond acceptors (Lipinski definition) is 1. The zero-order valence-corrected chi connectivity index (χ0v) is 17.4. The largest absolute Gasteiger partial charge is 0.303 e. The van der Waals surface area contributed by atoms with Gasteiger partial charge in [-0.2, -0.15) is 0 Å². The van der Waals surface area contributed by atoms with Crippen LogP contribution < -0.4 is 0 Å². The molecule has 0 atom stereocenters. The molecule has 0 bridgehead atoms. The van der Waals surface area contributed by atoms with Gasteiger partial charge >= 0.3 is 0 Å². The molecule has 0 radical (unpaired) electrons. The monoisotopic (exact) mass is 365 g/mol. The van der Waals surface area contributed by atoms with Crippen molar-refractivity contribution in [3.63, 3.8) is 0 Å². The van der Waals surface area contributed by atoms with Crippen molar-refractivity contribution in [2.45, 2.75) is 71.1 Å². The van der Waals surface area contributed by atoms with Crippen LogP contribution in [0.1, 0.15) is 69.4 Å². The molecule has 0 aliphatic rings. The maximum atomic E-state index is 2.71. The summed E-state index contributed by atoms with van der Waals surface area (Å²) in [6.07, 6.45) is 13.3. The Balaban J connectivity index is 1.69. The molecule has 148 valence electrons. The highest BCUT2D eigenvalue weighted by molar-refractivity contribution is 5.15. The first-order valence-electron chi connectivity index (χ1n) is 11.2. The average Bonchev–Trinajstić information content (AvgIpc) is 2.72. The van der Waals surface area contributed by atoms with Crippen molar-refractivity contribution in [2.24, 2.45) is 0 Å². The summed E-state index contributed by atoms with van der Waals surface area (Å²) >= 11 is 0. The van der Waals surface area contributed by atoms with Crippen molar-refractivity contribution in [3.05, 3.63) is 71.8 Å². The van der Waals surface area contributed by atoms with Gasteiger partial charge in [-0.3, -0.25) is 0 Å². The molecule has 0 N–H and O–H groups in total. The first kappa shape index (κ1) is 21.7. The highest BCUT2D eigenvalue weighted by Crippen LogP contribution is 2.10. The fraction of sp³-hybridized carbons (Fsp3) is 0.538. The van der Waals surface area contributed by atoms with E-state index in [4.69, 9.17) is 0 Å². The molecule has 0 aromatic heterocycles. The minimum Gasteiger partial charge on any atom is -0.303 e. The maximum Gasteiger partial charge on any atom is -0.00156 e. The molecule has 2 aromatic carbocycles. The third-order valence-corrected chi connectivity index (χ3v) is 5.39. The van der Waals surface area contributed by atoms with Crippen LogP contribution in [0.15, 0.2) is 60.7 Å². The number of aryl methyl sites for hydroxylation is 2. The molecular formula is C26H39N. The number of rotatable bonds is 15. The van der Waals surface area contributed by atoms with Crippen molar-refractivity contribution in [2.75, 3.05) is 19.6 Å². The van der Waals surface area contributed by atoms with E-state index in [1.807, 2.05) is 0 Å². The van der Waals surface area contributed by atoms with E-state index >= 15 is 0 Å². The van der Waals surface area contributed by atoms with Crippen LogP contribution in [0.3, 0.4) is 0 Å². The van der Waals surface area contributed by atoms with Gasteiger partial charge in [0.2, 0.25) is 0 Å². The molecule has 0 heterocycles. The third kappa shape index (κ3) is 10.3. The molecule has 1 heteroatoms. The van der Waals surface area contributed by atoms with Gasteiger partial charge in [0.05, 0.1) is 0 Å². The second-order valence-corrected chi connectivity index (χ2v) is 7.79. The number of hydrogen-bond donors (Lipinski definition) is 0. The molecule has 0 saturated heterocycles. The number of benzene rings is 2. The van der Waals surface area contributed by atoms with Crippen molar-refractivity contribution < 1.29 is 0 Å². The minimum atomic E-state index is 1.20. The summed E-state index contributed by atoms with van der Waals surface area (Å²) in [5.41, 5.74) is 2.95. The first-order chi connectivity index (χ1) is 13.4. The highest BCUT2D eigenvalue weighted by Gasteiger charge is 2.05. The molecule has 1 nitrogen and oxygen atoms in total. The van der Waals surface area contributed by atoms with Crippen LogP contribution in [0.5, 0.6) is 0 Å². The summed E-state index contributed by atoms with van der Waals surface area (Å²) in [5.74, 6) is 0. The van der Waals surface area contributed by atoms with E-state index in [0.29, 0.717) is 0 Å². The second kappa shape index (κ2) is 14.5. The maximum absolute atomic E-state index is 2.71. The molecule has 0 saturated carbocycles. The van der Waals surface area contributed by atoms with Crippen molar-refractivity contribution in [1.29, 1.82) is 0 Å². The Hall–Kier alpha value is -1.60. The van der Waals surface area contributed by atoms with E-state index in [1.54, 1.807) is 0 Å². The molecule has 0 fully saturated rings. The summed E-state index contributed by atoms with van der Waals surface area (Å²) < 4.78 is 0. The summed E-state index contributed by atoms with van der Waals surface area (Å²) in [4.78, 5) is 2.71. The fourth-order valence-corrected chi connectivity index (χ4v) is 3.75. The van der Waals surface area contributed by atoms with Gasteiger partial charge in [0.1, 0.15) is 0 Å². The van der Waals surface area contributed by atoms with E-state index in [-0.39, 0.29) is 0 Å². The lowest BCUT2D eigenvalue weighted by atomic mass is 10.1. The van der Waals surface area contributed by atoms with Crippen molar-refractivity contribution in [3.8, 4) is 0 Å². The second-order valence-electron chi connectivity index (χ2n) is 7.79. The minimum absolute atomic E-state index is 1.20. The SMILES string of the molecule is CCCCCCCCN(CCCc1ccccc1)CCCc1ccccc1. The van der Waals surface area contributed by atoms with Gasteiger partial charge in [0.25, 0.3) is 0 Å². The van der Waals surface area contributed by atoms with Crippen LogP contribution in [0.25, 0.3) is 0 Å². The van der Waals surface area contributed by atoms with Gasteiger partial charge in [0, 0.05) is 0 Å². The zero-order valence-electron chi connectivity index (χ0n) is 17.4. The lowest BCUT2D eigenvalue weighted by Crippen LogP contribution is -2.28. The number of unbranched alkanes of at least 4 members (excludes halogenated alkanes) is 5. The molecule has 0 amide bonds. The molecule has 0 aliphatic heterocycles. The lowest BCUT2D eigenvalue weighted by molar-refractivity contribution is 0.260. The molecule has 0 spiro atoms. The molecule has 2 rings (SSSR count). The van der Waals surface area contributed by atoms with E-state index in [9.17, 15) is 0 Å². The Morgan fingerprint density at radius 1 is 0.519 bits per heavy atom.